The quantitative estimate of drug-likeness (QED) is 0.585. The molecule has 6 nitrogen and oxygen atoms in total. The molecule has 0 saturated heterocycles. The molecule has 0 radical (unpaired) electrons. The van der Waals surface area contributed by atoms with Crippen LogP contribution in [0.2, 0.25) is 0 Å². The molecule has 1 saturated carbocycles. The smallest absolute Gasteiger partial charge is 0.336 e. The fourth-order valence-corrected chi connectivity index (χ4v) is 2.59. The van der Waals surface area contributed by atoms with E-state index in [1.807, 2.05) is 0 Å². The van der Waals surface area contributed by atoms with Gasteiger partial charge in [0.05, 0.1) is 6.10 Å². The van der Waals surface area contributed by atoms with E-state index in [-0.39, 0.29) is 6.42 Å². The molecule has 0 spiro atoms. The highest BCUT2D eigenvalue weighted by Gasteiger charge is 2.55. The van der Waals surface area contributed by atoms with Crippen molar-refractivity contribution in [3.63, 3.8) is 0 Å². The van der Waals surface area contributed by atoms with Crippen molar-refractivity contribution in [2.45, 2.75) is 30.7 Å². The number of aliphatic hydroxyl groups is 3. The van der Waals surface area contributed by atoms with Crippen molar-refractivity contribution in [3.8, 4) is 0 Å². The molecule has 0 heterocycles. The van der Waals surface area contributed by atoms with Crippen LogP contribution in [-0.2, 0) is 16.0 Å². The summed E-state index contributed by atoms with van der Waals surface area (Å²) < 4.78 is 0. The van der Waals surface area contributed by atoms with Gasteiger partial charge in [-0.25, -0.2) is 4.79 Å². The van der Waals surface area contributed by atoms with Crippen molar-refractivity contribution in [2.75, 3.05) is 0 Å². The number of carbonyl (C=O) groups excluding carboxylic acids is 1. The molecule has 0 aliphatic heterocycles. The molecule has 4 atom stereocenters. The number of carboxylic acid groups (broad SMARTS) is 1. The minimum Gasteiger partial charge on any atom is -0.479 e. The SMILES string of the molecule is O=C1C[C@](O)(C(=O)O)[C@H](Cc2ccccc2)[C@@H](O)[C@@H]1O. The maximum atomic E-state index is 11.5. The molecular weight excluding hydrogens is 264 g/mol. The van der Waals surface area contributed by atoms with E-state index in [0.29, 0.717) is 5.56 Å². The van der Waals surface area contributed by atoms with E-state index in [0.717, 1.165) is 0 Å². The predicted octanol–water partition coefficient (Wildman–Crippen LogP) is -0.644. The Hall–Kier alpha value is -1.76. The third-order valence-electron chi connectivity index (χ3n) is 3.79. The lowest BCUT2D eigenvalue weighted by molar-refractivity contribution is -0.190. The predicted molar refractivity (Wildman–Crippen MR) is 67.9 cm³/mol. The largest absolute Gasteiger partial charge is 0.479 e. The highest BCUT2D eigenvalue weighted by atomic mass is 16.4. The van der Waals surface area contributed by atoms with E-state index in [9.17, 15) is 30.0 Å². The minimum atomic E-state index is -2.37. The molecule has 1 fully saturated rings. The van der Waals surface area contributed by atoms with Gasteiger partial charge in [0, 0.05) is 12.3 Å². The summed E-state index contributed by atoms with van der Waals surface area (Å²) in [4.78, 5) is 22.8. The summed E-state index contributed by atoms with van der Waals surface area (Å²) >= 11 is 0. The van der Waals surface area contributed by atoms with Gasteiger partial charge in [0.1, 0.15) is 6.10 Å². The average molecular weight is 280 g/mol. The first kappa shape index (κ1) is 14.6. The second-order valence-electron chi connectivity index (χ2n) is 5.10. The molecule has 0 amide bonds. The Morgan fingerprint density at radius 1 is 1.25 bits per heavy atom. The first-order valence-electron chi connectivity index (χ1n) is 6.25. The normalized spacial score (nSPS) is 34.0. The fraction of sp³-hybridized carbons (Fsp3) is 0.429. The van der Waals surface area contributed by atoms with Crippen LogP contribution in [0.25, 0.3) is 0 Å². The van der Waals surface area contributed by atoms with E-state index in [2.05, 4.69) is 0 Å². The van der Waals surface area contributed by atoms with E-state index >= 15 is 0 Å². The molecule has 4 N–H and O–H groups in total. The lowest BCUT2D eigenvalue weighted by Crippen LogP contribution is -2.61. The molecule has 0 bridgehead atoms. The van der Waals surface area contributed by atoms with Gasteiger partial charge in [-0.2, -0.15) is 0 Å². The Bertz CT molecular complexity index is 514. The number of carbonyl (C=O) groups is 2. The molecule has 1 aliphatic carbocycles. The highest BCUT2D eigenvalue weighted by Crippen LogP contribution is 2.35. The summed E-state index contributed by atoms with van der Waals surface area (Å²) in [6.07, 6.45) is -3.94. The average Bonchev–Trinajstić information content (AvgIpc) is 2.42. The monoisotopic (exact) mass is 280 g/mol. The number of benzene rings is 1. The van der Waals surface area contributed by atoms with Crippen LogP contribution in [0.15, 0.2) is 30.3 Å². The Labute approximate surface area is 115 Å². The van der Waals surface area contributed by atoms with E-state index < -0.39 is 41.9 Å². The highest BCUT2D eigenvalue weighted by molar-refractivity contribution is 5.92. The van der Waals surface area contributed by atoms with Crippen LogP contribution in [0.1, 0.15) is 12.0 Å². The van der Waals surface area contributed by atoms with Crippen LogP contribution >= 0.6 is 0 Å². The zero-order valence-corrected chi connectivity index (χ0v) is 10.6. The van der Waals surface area contributed by atoms with Gasteiger partial charge in [-0.1, -0.05) is 30.3 Å². The summed E-state index contributed by atoms with van der Waals surface area (Å²) in [5, 5.41) is 39.0. The van der Waals surface area contributed by atoms with Crippen molar-refractivity contribution in [2.24, 2.45) is 5.92 Å². The van der Waals surface area contributed by atoms with Gasteiger partial charge < -0.3 is 20.4 Å². The zero-order chi connectivity index (χ0) is 14.9. The van der Waals surface area contributed by atoms with Crippen molar-refractivity contribution in [1.29, 1.82) is 0 Å². The van der Waals surface area contributed by atoms with E-state index in [4.69, 9.17) is 0 Å². The van der Waals surface area contributed by atoms with Gasteiger partial charge in [0.2, 0.25) is 0 Å². The van der Waals surface area contributed by atoms with Gasteiger partial charge in [0.25, 0.3) is 0 Å². The second kappa shape index (κ2) is 5.32. The summed E-state index contributed by atoms with van der Waals surface area (Å²) in [6, 6.07) is 8.70. The third-order valence-corrected chi connectivity index (χ3v) is 3.79. The van der Waals surface area contributed by atoms with Crippen LogP contribution in [0.4, 0.5) is 0 Å². The molecule has 108 valence electrons. The van der Waals surface area contributed by atoms with Gasteiger partial charge in [-0.15, -0.1) is 0 Å². The van der Waals surface area contributed by atoms with E-state index in [1.54, 1.807) is 30.3 Å². The summed E-state index contributed by atoms with van der Waals surface area (Å²) in [5.74, 6) is -3.60. The first-order chi connectivity index (χ1) is 9.36. The van der Waals surface area contributed by atoms with Crippen molar-refractivity contribution in [3.05, 3.63) is 35.9 Å². The van der Waals surface area contributed by atoms with E-state index in [1.165, 1.54) is 0 Å². The first-order valence-corrected chi connectivity index (χ1v) is 6.25. The number of aliphatic carboxylic acids is 1. The minimum absolute atomic E-state index is 0.0507. The Morgan fingerprint density at radius 3 is 2.40 bits per heavy atom. The summed E-state index contributed by atoms with van der Waals surface area (Å²) in [7, 11) is 0. The molecular formula is C14H16O6. The van der Waals surface area contributed by atoms with Crippen molar-refractivity contribution >= 4 is 11.8 Å². The van der Waals surface area contributed by atoms with Gasteiger partial charge in [-0.05, 0) is 12.0 Å². The number of hydrogen-bond donors (Lipinski definition) is 4. The molecule has 0 unspecified atom stereocenters. The Kier molecular flexibility index (Phi) is 3.89. The second-order valence-corrected chi connectivity index (χ2v) is 5.10. The Balaban J connectivity index is 2.34. The maximum Gasteiger partial charge on any atom is 0.336 e. The molecule has 1 aromatic carbocycles. The molecule has 6 heteroatoms. The molecule has 2 rings (SSSR count). The third kappa shape index (κ3) is 2.45. The number of Topliss-reactive ketones (excluding diaryl/α,β-unsaturated/α-hetero) is 1. The number of aliphatic hydroxyl groups excluding tert-OH is 2. The van der Waals surface area contributed by atoms with Crippen molar-refractivity contribution < 1.29 is 30.0 Å². The fourth-order valence-electron chi connectivity index (χ4n) is 2.59. The Morgan fingerprint density at radius 2 is 1.85 bits per heavy atom. The van der Waals surface area contributed by atoms with Crippen molar-refractivity contribution in [1.82, 2.24) is 0 Å². The van der Waals surface area contributed by atoms with Gasteiger partial charge >= 0.3 is 5.97 Å². The number of rotatable bonds is 3. The van der Waals surface area contributed by atoms with Crippen LogP contribution in [0.5, 0.6) is 0 Å². The molecule has 1 aromatic rings. The molecule has 1 aliphatic rings. The van der Waals surface area contributed by atoms with Crippen LogP contribution < -0.4 is 0 Å². The topological polar surface area (TPSA) is 115 Å². The van der Waals surface area contributed by atoms with Gasteiger partial charge in [-0.3, -0.25) is 4.79 Å². The zero-order valence-electron chi connectivity index (χ0n) is 10.6. The van der Waals surface area contributed by atoms with Crippen LogP contribution in [-0.4, -0.2) is 50.0 Å². The number of ketones is 1. The maximum absolute atomic E-state index is 11.5. The van der Waals surface area contributed by atoms with Crippen LogP contribution in [0, 0.1) is 5.92 Å². The lowest BCUT2D eigenvalue weighted by atomic mass is 9.69. The molecule has 20 heavy (non-hydrogen) atoms. The summed E-state index contributed by atoms with van der Waals surface area (Å²) in [6.45, 7) is 0. The lowest BCUT2D eigenvalue weighted by Gasteiger charge is -2.41. The number of carboxylic acids is 1. The van der Waals surface area contributed by atoms with Gasteiger partial charge in [0.15, 0.2) is 11.4 Å². The standard InChI is InChI=1S/C14H16O6/c15-10-7-14(20,13(18)19)9(11(16)12(10)17)6-8-4-2-1-3-5-8/h1-5,9,11-12,16-17,20H,6-7H2,(H,18,19)/t9-,11-,12-,14-/m1/s1. The number of hydrogen-bond acceptors (Lipinski definition) is 5. The van der Waals surface area contributed by atoms with Crippen LogP contribution in [0.3, 0.4) is 0 Å². The summed E-state index contributed by atoms with van der Waals surface area (Å²) in [5.41, 5.74) is -1.66. The molecule has 0 aromatic heterocycles.